The third-order valence-electron chi connectivity index (χ3n) is 2.37. The molecular weight excluding hydrogens is 286 g/mol. The molecular formula is C11H15N3O3S2. The van der Waals surface area contributed by atoms with Crippen molar-refractivity contribution < 1.29 is 13.2 Å². The van der Waals surface area contributed by atoms with Crippen molar-refractivity contribution >= 4 is 33.1 Å². The lowest BCUT2D eigenvalue weighted by Crippen LogP contribution is -2.39. The number of nitrogens with one attached hydrogen (secondary N) is 1. The minimum Gasteiger partial charge on any atom is -0.392 e. The van der Waals surface area contributed by atoms with Crippen LogP contribution in [-0.4, -0.2) is 31.6 Å². The van der Waals surface area contributed by atoms with Gasteiger partial charge in [-0.3, -0.25) is 4.79 Å². The largest absolute Gasteiger partial charge is 0.392 e. The molecule has 0 aromatic heterocycles. The summed E-state index contributed by atoms with van der Waals surface area (Å²) in [6.45, 7) is -0.0797. The second-order valence-corrected chi connectivity index (χ2v) is 6.11. The lowest BCUT2D eigenvalue weighted by atomic mass is 9.98. The molecule has 0 aliphatic rings. The Balaban J connectivity index is 2.73. The van der Waals surface area contributed by atoms with Crippen LogP contribution in [0.4, 0.5) is 0 Å². The number of amides is 1. The smallest absolute Gasteiger partial charge is 0.234 e. The van der Waals surface area contributed by atoms with Gasteiger partial charge in [-0.1, -0.05) is 42.5 Å². The van der Waals surface area contributed by atoms with E-state index in [4.69, 9.17) is 23.1 Å². The van der Waals surface area contributed by atoms with Gasteiger partial charge in [0.15, 0.2) is 0 Å². The minimum absolute atomic E-state index is 0.0271. The molecule has 19 heavy (non-hydrogen) atoms. The van der Waals surface area contributed by atoms with Crippen molar-refractivity contribution in [1.29, 1.82) is 0 Å². The van der Waals surface area contributed by atoms with Gasteiger partial charge in [-0.15, -0.1) is 0 Å². The van der Waals surface area contributed by atoms with Gasteiger partial charge in [0.05, 0.1) is 10.7 Å². The molecule has 0 fully saturated rings. The fourth-order valence-corrected chi connectivity index (χ4v) is 2.14. The molecule has 1 atom stereocenters. The van der Waals surface area contributed by atoms with Crippen molar-refractivity contribution in [2.75, 3.05) is 12.3 Å². The highest BCUT2D eigenvalue weighted by atomic mass is 32.2. The number of primary sulfonamides is 1. The summed E-state index contributed by atoms with van der Waals surface area (Å²) >= 11 is 4.87. The number of rotatable bonds is 6. The normalized spacial score (nSPS) is 12.7. The summed E-state index contributed by atoms with van der Waals surface area (Å²) in [6.07, 6.45) is 0. The number of sulfonamides is 1. The van der Waals surface area contributed by atoms with Crippen molar-refractivity contribution in [3.8, 4) is 0 Å². The van der Waals surface area contributed by atoms with Crippen LogP contribution in [-0.2, 0) is 14.8 Å². The Labute approximate surface area is 117 Å². The lowest BCUT2D eigenvalue weighted by molar-refractivity contribution is -0.120. The Bertz CT molecular complexity index is 558. The molecule has 0 aliphatic carbocycles. The van der Waals surface area contributed by atoms with Crippen LogP contribution >= 0.6 is 12.2 Å². The van der Waals surface area contributed by atoms with E-state index in [1.165, 1.54) is 0 Å². The van der Waals surface area contributed by atoms with Gasteiger partial charge in [0.1, 0.15) is 5.92 Å². The summed E-state index contributed by atoms with van der Waals surface area (Å²) in [4.78, 5) is 12.0. The topological polar surface area (TPSA) is 115 Å². The zero-order valence-corrected chi connectivity index (χ0v) is 11.7. The van der Waals surface area contributed by atoms with Gasteiger partial charge in [0, 0.05) is 6.54 Å². The highest BCUT2D eigenvalue weighted by Crippen LogP contribution is 2.15. The Morgan fingerprint density at radius 1 is 1.32 bits per heavy atom. The maximum absolute atomic E-state index is 12.0. The standard InChI is InChI=1S/C11H15N3O3S2/c12-10(18)9(8-4-2-1-3-5-8)11(15)14-6-7-19(13,16)17/h1-5,9H,6-7H2,(H2,12,18)(H,14,15)(H2,13,16,17). The third kappa shape index (κ3) is 5.33. The molecule has 0 radical (unpaired) electrons. The molecule has 0 heterocycles. The number of hydrogen-bond acceptors (Lipinski definition) is 4. The van der Waals surface area contributed by atoms with Crippen LogP contribution in [0.25, 0.3) is 0 Å². The van der Waals surface area contributed by atoms with Crippen LogP contribution in [0.5, 0.6) is 0 Å². The highest BCUT2D eigenvalue weighted by molar-refractivity contribution is 7.89. The first-order valence-electron chi connectivity index (χ1n) is 5.43. The maximum atomic E-state index is 12.0. The average molecular weight is 301 g/mol. The molecule has 6 nitrogen and oxygen atoms in total. The molecule has 1 rings (SSSR count). The molecule has 1 unspecified atom stereocenters. The van der Waals surface area contributed by atoms with E-state index in [-0.39, 0.29) is 17.3 Å². The van der Waals surface area contributed by atoms with E-state index in [2.05, 4.69) is 5.32 Å². The molecule has 0 bridgehead atoms. The quantitative estimate of drug-likeness (QED) is 0.610. The molecule has 8 heteroatoms. The average Bonchev–Trinajstić information content (AvgIpc) is 2.28. The number of carbonyl (C=O) groups excluding carboxylic acids is 1. The van der Waals surface area contributed by atoms with Gasteiger partial charge in [0.2, 0.25) is 15.9 Å². The lowest BCUT2D eigenvalue weighted by Gasteiger charge is -2.15. The van der Waals surface area contributed by atoms with Gasteiger partial charge >= 0.3 is 0 Å². The second-order valence-electron chi connectivity index (χ2n) is 3.90. The van der Waals surface area contributed by atoms with Crippen LogP contribution in [0.3, 0.4) is 0 Å². The predicted octanol–water partition coefficient (Wildman–Crippen LogP) is -0.539. The van der Waals surface area contributed by atoms with Crippen LogP contribution in [0.2, 0.25) is 0 Å². The Morgan fingerprint density at radius 3 is 2.37 bits per heavy atom. The zero-order chi connectivity index (χ0) is 14.5. The summed E-state index contributed by atoms with van der Waals surface area (Å²) in [6, 6.07) is 8.78. The van der Waals surface area contributed by atoms with Crippen molar-refractivity contribution in [2.24, 2.45) is 10.9 Å². The first kappa shape index (κ1) is 15.5. The predicted molar refractivity (Wildman–Crippen MR) is 77.0 cm³/mol. The molecule has 0 aliphatic heterocycles. The van der Waals surface area contributed by atoms with Gasteiger partial charge in [-0.05, 0) is 5.56 Å². The molecule has 5 N–H and O–H groups in total. The van der Waals surface area contributed by atoms with Crippen molar-refractivity contribution in [1.82, 2.24) is 5.32 Å². The second kappa shape index (κ2) is 6.60. The minimum atomic E-state index is -3.61. The van der Waals surface area contributed by atoms with Crippen molar-refractivity contribution in [3.63, 3.8) is 0 Å². The van der Waals surface area contributed by atoms with Crippen LogP contribution in [0.1, 0.15) is 11.5 Å². The van der Waals surface area contributed by atoms with Gasteiger partial charge in [-0.25, -0.2) is 13.6 Å². The fourth-order valence-electron chi connectivity index (χ4n) is 1.51. The molecule has 104 valence electrons. The number of thiocarbonyl (C=S) groups is 1. The molecule has 0 saturated carbocycles. The Kier molecular flexibility index (Phi) is 5.40. The first-order chi connectivity index (χ1) is 8.81. The Hall–Kier alpha value is -1.51. The van der Waals surface area contributed by atoms with Crippen LogP contribution in [0.15, 0.2) is 30.3 Å². The monoisotopic (exact) mass is 301 g/mol. The van der Waals surface area contributed by atoms with E-state index < -0.39 is 21.8 Å². The van der Waals surface area contributed by atoms with E-state index in [9.17, 15) is 13.2 Å². The van der Waals surface area contributed by atoms with Crippen molar-refractivity contribution in [3.05, 3.63) is 35.9 Å². The molecule has 0 spiro atoms. The summed E-state index contributed by atoms with van der Waals surface area (Å²) in [5.74, 6) is -1.56. The summed E-state index contributed by atoms with van der Waals surface area (Å²) in [5, 5.41) is 7.29. The number of nitrogens with two attached hydrogens (primary N) is 2. The third-order valence-corrected chi connectivity index (χ3v) is 3.37. The molecule has 0 saturated heterocycles. The zero-order valence-electron chi connectivity index (χ0n) is 10.1. The summed E-state index contributed by atoms with van der Waals surface area (Å²) < 4.78 is 21.5. The van der Waals surface area contributed by atoms with Gasteiger partial charge in [-0.2, -0.15) is 0 Å². The number of carbonyl (C=O) groups is 1. The number of benzene rings is 1. The van der Waals surface area contributed by atoms with Gasteiger partial charge in [0.25, 0.3) is 0 Å². The van der Waals surface area contributed by atoms with E-state index >= 15 is 0 Å². The van der Waals surface area contributed by atoms with E-state index in [0.717, 1.165) is 0 Å². The van der Waals surface area contributed by atoms with E-state index in [0.29, 0.717) is 5.56 Å². The fraction of sp³-hybridized carbons (Fsp3) is 0.273. The maximum Gasteiger partial charge on any atom is 0.234 e. The van der Waals surface area contributed by atoms with Crippen molar-refractivity contribution in [2.45, 2.75) is 5.92 Å². The van der Waals surface area contributed by atoms with E-state index in [1.54, 1.807) is 30.3 Å². The van der Waals surface area contributed by atoms with Gasteiger partial charge < -0.3 is 11.1 Å². The SMILES string of the molecule is NC(=S)C(C(=O)NCCS(N)(=O)=O)c1ccccc1. The molecule has 1 aromatic carbocycles. The van der Waals surface area contributed by atoms with E-state index in [1.807, 2.05) is 0 Å². The highest BCUT2D eigenvalue weighted by Gasteiger charge is 2.23. The molecule has 1 aromatic rings. The van der Waals surface area contributed by atoms with Crippen LogP contribution in [0, 0.1) is 0 Å². The first-order valence-corrected chi connectivity index (χ1v) is 7.56. The van der Waals surface area contributed by atoms with Crippen LogP contribution < -0.4 is 16.2 Å². The molecule has 1 amide bonds. The Morgan fingerprint density at radius 2 is 1.89 bits per heavy atom. The number of hydrogen-bond donors (Lipinski definition) is 3. The summed E-state index contributed by atoms with van der Waals surface area (Å²) in [7, 11) is -3.61. The summed E-state index contributed by atoms with van der Waals surface area (Å²) in [5.41, 5.74) is 6.21.